The van der Waals surface area contributed by atoms with E-state index in [4.69, 9.17) is 0 Å². The van der Waals surface area contributed by atoms with Gasteiger partial charge in [-0.3, -0.25) is 4.98 Å². The molecule has 0 aliphatic heterocycles. The summed E-state index contributed by atoms with van der Waals surface area (Å²) >= 11 is 0. The van der Waals surface area contributed by atoms with Crippen molar-refractivity contribution in [2.24, 2.45) is 0 Å². The summed E-state index contributed by atoms with van der Waals surface area (Å²) in [5.41, 5.74) is -0.447. The second-order valence-corrected chi connectivity index (χ2v) is 4.86. The second-order valence-electron chi connectivity index (χ2n) is 4.86. The van der Waals surface area contributed by atoms with E-state index in [1.54, 1.807) is 24.9 Å². The number of urea groups is 1. The Morgan fingerprint density at radius 2 is 1.95 bits per heavy atom. The van der Waals surface area contributed by atoms with Crippen molar-refractivity contribution in [2.75, 3.05) is 6.54 Å². The number of carbonyl (C=O) groups excluding carboxylic acids is 1. The Bertz CT molecular complexity index is 472. The van der Waals surface area contributed by atoms with Gasteiger partial charge in [0, 0.05) is 12.7 Å². The van der Waals surface area contributed by atoms with E-state index in [1.165, 1.54) is 0 Å². The van der Waals surface area contributed by atoms with Gasteiger partial charge in [-0.1, -0.05) is 19.9 Å². The van der Waals surface area contributed by atoms with Crippen molar-refractivity contribution in [3.05, 3.63) is 30.1 Å². The van der Waals surface area contributed by atoms with E-state index in [2.05, 4.69) is 10.3 Å². The number of hydrogen-bond donors (Lipinski definition) is 2. The number of aliphatic carboxylic acids is 1. The Morgan fingerprint density at radius 3 is 2.38 bits per heavy atom. The number of hydrogen-bond acceptors (Lipinski definition) is 3. The minimum Gasteiger partial charge on any atom is -0.480 e. The minimum atomic E-state index is -1.21. The monoisotopic (exact) mass is 293 g/mol. The third kappa shape index (κ3) is 4.18. The fourth-order valence-corrected chi connectivity index (χ4v) is 2.08. The summed E-state index contributed by atoms with van der Waals surface area (Å²) in [5.74, 6) is -1.00. The zero-order valence-electron chi connectivity index (χ0n) is 12.8. The molecule has 0 saturated heterocycles. The van der Waals surface area contributed by atoms with Crippen LogP contribution in [0.5, 0.6) is 0 Å². The van der Waals surface area contributed by atoms with E-state index in [0.29, 0.717) is 25.9 Å². The molecular weight excluding hydrogens is 270 g/mol. The summed E-state index contributed by atoms with van der Waals surface area (Å²) < 4.78 is 0. The number of carboxylic acid groups (broad SMARTS) is 1. The van der Waals surface area contributed by atoms with Crippen molar-refractivity contribution in [2.45, 2.75) is 45.7 Å². The van der Waals surface area contributed by atoms with Gasteiger partial charge in [0.25, 0.3) is 0 Å². The standard InChI is InChI=1S/C15H23N3O3/c1-4-15(5-2,13(19)20)17-14(21)18(6-3)11-12-9-7-8-10-16-12/h7-10H,4-6,11H2,1-3H3,(H,17,21)(H,19,20). The molecule has 0 aromatic carbocycles. The summed E-state index contributed by atoms with van der Waals surface area (Å²) in [7, 11) is 0. The molecule has 1 aromatic heterocycles. The van der Waals surface area contributed by atoms with Gasteiger partial charge in [0.1, 0.15) is 5.54 Å². The third-order valence-electron chi connectivity index (χ3n) is 3.71. The molecule has 0 atom stereocenters. The smallest absolute Gasteiger partial charge is 0.329 e. The first kappa shape index (κ1) is 16.9. The first-order valence-electron chi connectivity index (χ1n) is 7.19. The molecule has 1 rings (SSSR count). The van der Waals surface area contributed by atoms with Crippen LogP contribution in [0.4, 0.5) is 4.79 Å². The highest BCUT2D eigenvalue weighted by Gasteiger charge is 2.37. The molecule has 2 N–H and O–H groups in total. The van der Waals surface area contributed by atoms with Gasteiger partial charge in [-0.2, -0.15) is 0 Å². The zero-order valence-corrected chi connectivity index (χ0v) is 12.8. The van der Waals surface area contributed by atoms with Crippen LogP contribution in [0.3, 0.4) is 0 Å². The molecule has 0 spiro atoms. The van der Waals surface area contributed by atoms with E-state index < -0.39 is 11.5 Å². The van der Waals surface area contributed by atoms with E-state index in [-0.39, 0.29) is 6.03 Å². The first-order chi connectivity index (χ1) is 9.99. The number of carboxylic acids is 1. The van der Waals surface area contributed by atoms with E-state index in [9.17, 15) is 14.7 Å². The molecule has 1 heterocycles. The number of pyridine rings is 1. The van der Waals surface area contributed by atoms with Crippen LogP contribution < -0.4 is 5.32 Å². The molecule has 6 nitrogen and oxygen atoms in total. The van der Waals surface area contributed by atoms with Gasteiger partial charge < -0.3 is 15.3 Å². The molecule has 0 aliphatic carbocycles. The lowest BCUT2D eigenvalue weighted by Gasteiger charge is -2.31. The predicted octanol–water partition coefficient (Wildman–Crippen LogP) is 2.26. The van der Waals surface area contributed by atoms with E-state index in [1.807, 2.05) is 25.1 Å². The first-order valence-corrected chi connectivity index (χ1v) is 7.19. The van der Waals surface area contributed by atoms with Gasteiger partial charge in [0.05, 0.1) is 12.2 Å². The maximum Gasteiger partial charge on any atom is 0.329 e. The van der Waals surface area contributed by atoms with Gasteiger partial charge in [-0.15, -0.1) is 0 Å². The average molecular weight is 293 g/mol. The van der Waals surface area contributed by atoms with Crippen LogP contribution >= 0.6 is 0 Å². The molecule has 0 unspecified atom stereocenters. The lowest BCUT2D eigenvalue weighted by molar-refractivity contribution is -0.144. The van der Waals surface area contributed by atoms with E-state index >= 15 is 0 Å². The highest BCUT2D eigenvalue weighted by molar-refractivity contribution is 5.86. The van der Waals surface area contributed by atoms with Crippen molar-refractivity contribution < 1.29 is 14.7 Å². The molecule has 0 radical (unpaired) electrons. The van der Waals surface area contributed by atoms with Crippen molar-refractivity contribution in [1.29, 1.82) is 0 Å². The average Bonchev–Trinajstić information content (AvgIpc) is 2.50. The number of amides is 2. The summed E-state index contributed by atoms with van der Waals surface area (Å²) in [6, 6.07) is 5.12. The largest absolute Gasteiger partial charge is 0.480 e. The second kappa shape index (κ2) is 7.61. The Hall–Kier alpha value is -2.11. The van der Waals surface area contributed by atoms with Crippen molar-refractivity contribution in [1.82, 2.24) is 15.2 Å². The number of nitrogens with zero attached hydrogens (tertiary/aromatic N) is 2. The van der Waals surface area contributed by atoms with Crippen LogP contribution in [0.25, 0.3) is 0 Å². The molecule has 0 saturated carbocycles. The third-order valence-corrected chi connectivity index (χ3v) is 3.71. The normalized spacial score (nSPS) is 11.0. The van der Waals surface area contributed by atoms with Crippen LogP contribution in [-0.2, 0) is 11.3 Å². The summed E-state index contributed by atoms with van der Waals surface area (Å²) in [6.07, 6.45) is 2.35. The van der Waals surface area contributed by atoms with Crippen molar-refractivity contribution in [3.8, 4) is 0 Å². The van der Waals surface area contributed by atoms with Crippen LogP contribution in [-0.4, -0.2) is 39.1 Å². The zero-order chi connectivity index (χ0) is 15.9. The molecule has 2 amide bonds. The van der Waals surface area contributed by atoms with Gasteiger partial charge in [-0.25, -0.2) is 9.59 Å². The number of rotatable bonds is 7. The maximum absolute atomic E-state index is 12.3. The van der Waals surface area contributed by atoms with Crippen LogP contribution in [0, 0.1) is 0 Å². The molecule has 116 valence electrons. The molecule has 6 heteroatoms. The van der Waals surface area contributed by atoms with Crippen molar-refractivity contribution >= 4 is 12.0 Å². The molecular formula is C15H23N3O3. The van der Waals surface area contributed by atoms with Gasteiger partial charge in [0.15, 0.2) is 0 Å². The molecule has 0 bridgehead atoms. The van der Waals surface area contributed by atoms with Gasteiger partial charge in [0.2, 0.25) is 0 Å². The van der Waals surface area contributed by atoms with Crippen LogP contribution in [0.2, 0.25) is 0 Å². The van der Waals surface area contributed by atoms with E-state index in [0.717, 1.165) is 5.69 Å². The fourth-order valence-electron chi connectivity index (χ4n) is 2.08. The number of nitrogens with one attached hydrogen (secondary N) is 1. The maximum atomic E-state index is 12.3. The lowest BCUT2D eigenvalue weighted by atomic mass is 9.93. The molecule has 21 heavy (non-hydrogen) atoms. The fraction of sp³-hybridized carbons (Fsp3) is 0.533. The molecule has 0 fully saturated rings. The Labute approximate surface area is 125 Å². The summed E-state index contributed by atoms with van der Waals surface area (Å²) in [5, 5.41) is 12.0. The minimum absolute atomic E-state index is 0.339. The van der Waals surface area contributed by atoms with Gasteiger partial charge in [-0.05, 0) is 31.9 Å². The Morgan fingerprint density at radius 1 is 1.29 bits per heavy atom. The Kier molecular flexibility index (Phi) is 6.14. The lowest BCUT2D eigenvalue weighted by Crippen LogP contribution is -2.57. The topological polar surface area (TPSA) is 82.5 Å². The van der Waals surface area contributed by atoms with Crippen LogP contribution in [0.1, 0.15) is 39.3 Å². The van der Waals surface area contributed by atoms with Crippen molar-refractivity contribution in [3.63, 3.8) is 0 Å². The van der Waals surface area contributed by atoms with Crippen LogP contribution in [0.15, 0.2) is 24.4 Å². The number of aromatic nitrogens is 1. The molecule has 0 aliphatic rings. The SMILES string of the molecule is CCN(Cc1ccccn1)C(=O)NC(CC)(CC)C(=O)O. The number of carbonyl (C=O) groups is 2. The van der Waals surface area contributed by atoms with Gasteiger partial charge >= 0.3 is 12.0 Å². The highest BCUT2D eigenvalue weighted by Crippen LogP contribution is 2.16. The molecule has 1 aromatic rings. The summed E-state index contributed by atoms with van der Waals surface area (Å²) in [4.78, 5) is 29.5. The highest BCUT2D eigenvalue weighted by atomic mass is 16.4. The Balaban J connectivity index is 2.81. The quantitative estimate of drug-likeness (QED) is 0.807. The summed E-state index contributed by atoms with van der Waals surface area (Å²) in [6.45, 7) is 6.20. The predicted molar refractivity (Wildman–Crippen MR) is 79.8 cm³/mol.